The molecule has 4 rings (SSSR count). The van der Waals surface area contributed by atoms with Crippen LogP contribution < -0.4 is 0 Å². The summed E-state index contributed by atoms with van der Waals surface area (Å²) in [6.07, 6.45) is 4.61. The van der Waals surface area contributed by atoms with Gasteiger partial charge in [-0.25, -0.2) is 9.67 Å². The highest BCUT2D eigenvalue weighted by Crippen LogP contribution is 2.29. The van der Waals surface area contributed by atoms with Crippen molar-refractivity contribution in [1.29, 1.82) is 0 Å². The number of aromatic amines is 1. The Morgan fingerprint density at radius 3 is 2.57 bits per heavy atom. The van der Waals surface area contributed by atoms with Gasteiger partial charge in [0.2, 0.25) is 5.82 Å². The summed E-state index contributed by atoms with van der Waals surface area (Å²) in [5, 5.41) is 19.1. The smallest absolute Gasteiger partial charge is 0.205 e. The quantitative estimate of drug-likeness (QED) is 0.478. The number of tetrazole rings is 1. The van der Waals surface area contributed by atoms with Crippen LogP contribution in [0.4, 0.5) is 0 Å². The highest BCUT2D eigenvalue weighted by atomic mass is 15.5. The van der Waals surface area contributed by atoms with Gasteiger partial charge >= 0.3 is 0 Å². The molecule has 3 aromatic heterocycles. The Balaban J connectivity index is 1.59. The number of H-pyrrole nitrogens is 1. The zero-order valence-corrected chi connectivity index (χ0v) is 17.6. The lowest BCUT2D eigenvalue weighted by Crippen LogP contribution is -2.07. The molecule has 0 radical (unpaired) electrons. The van der Waals surface area contributed by atoms with E-state index in [1.165, 1.54) is 0 Å². The summed E-state index contributed by atoms with van der Waals surface area (Å²) >= 11 is 0. The molecule has 0 aliphatic rings. The Labute approximate surface area is 175 Å². The van der Waals surface area contributed by atoms with Crippen LogP contribution in [0.5, 0.6) is 0 Å². The van der Waals surface area contributed by atoms with Crippen molar-refractivity contribution in [3.8, 4) is 22.5 Å². The SMILES string of the molecule is CCCn1nc(C(C)CC)nc1Cc1ccc(-c2ccccc2-c2nn[nH]n2)cn1. The third-order valence-corrected chi connectivity index (χ3v) is 5.24. The van der Waals surface area contributed by atoms with E-state index in [1.807, 2.05) is 35.1 Å². The van der Waals surface area contributed by atoms with Crippen molar-refractivity contribution in [2.45, 2.75) is 52.5 Å². The van der Waals surface area contributed by atoms with Gasteiger partial charge in [-0.3, -0.25) is 4.98 Å². The Hall–Kier alpha value is -3.42. The molecule has 154 valence electrons. The van der Waals surface area contributed by atoms with Crippen LogP contribution in [0.25, 0.3) is 22.5 Å². The third-order valence-electron chi connectivity index (χ3n) is 5.24. The fourth-order valence-corrected chi connectivity index (χ4v) is 3.36. The maximum Gasteiger partial charge on any atom is 0.205 e. The van der Waals surface area contributed by atoms with Crippen molar-refractivity contribution in [2.24, 2.45) is 0 Å². The molecule has 30 heavy (non-hydrogen) atoms. The minimum Gasteiger partial charge on any atom is -0.260 e. The minimum absolute atomic E-state index is 0.360. The van der Waals surface area contributed by atoms with Crippen molar-refractivity contribution >= 4 is 0 Å². The van der Waals surface area contributed by atoms with E-state index < -0.39 is 0 Å². The Kier molecular flexibility index (Phi) is 5.92. The number of aryl methyl sites for hydroxylation is 1. The highest BCUT2D eigenvalue weighted by molar-refractivity contribution is 5.79. The fourth-order valence-electron chi connectivity index (χ4n) is 3.36. The van der Waals surface area contributed by atoms with E-state index in [0.717, 1.165) is 53.4 Å². The van der Waals surface area contributed by atoms with Gasteiger partial charge in [-0.1, -0.05) is 51.1 Å². The molecule has 0 bridgehead atoms. The number of nitrogens with zero attached hydrogens (tertiary/aromatic N) is 7. The van der Waals surface area contributed by atoms with E-state index >= 15 is 0 Å². The first-order valence-corrected chi connectivity index (χ1v) is 10.4. The number of pyridine rings is 1. The first-order valence-electron chi connectivity index (χ1n) is 10.4. The molecule has 8 nitrogen and oxygen atoms in total. The van der Waals surface area contributed by atoms with Crippen LogP contribution >= 0.6 is 0 Å². The second-order valence-electron chi connectivity index (χ2n) is 7.41. The van der Waals surface area contributed by atoms with Gasteiger partial charge in [0.1, 0.15) is 5.82 Å². The van der Waals surface area contributed by atoms with Gasteiger partial charge in [0.15, 0.2) is 5.82 Å². The topological polar surface area (TPSA) is 98.1 Å². The number of aromatic nitrogens is 8. The highest BCUT2D eigenvalue weighted by Gasteiger charge is 2.15. The monoisotopic (exact) mass is 402 g/mol. The molecule has 1 unspecified atom stereocenters. The van der Waals surface area contributed by atoms with Crippen molar-refractivity contribution in [1.82, 2.24) is 40.4 Å². The van der Waals surface area contributed by atoms with Gasteiger partial charge in [-0.15, -0.1) is 10.2 Å². The molecular formula is C22H26N8. The van der Waals surface area contributed by atoms with Crippen LogP contribution in [0.3, 0.4) is 0 Å². The Bertz CT molecular complexity index is 1080. The van der Waals surface area contributed by atoms with Gasteiger partial charge in [-0.05, 0) is 29.7 Å². The summed E-state index contributed by atoms with van der Waals surface area (Å²) in [6, 6.07) is 12.1. The molecule has 0 aliphatic carbocycles. The van der Waals surface area contributed by atoms with E-state index in [9.17, 15) is 0 Å². The lowest BCUT2D eigenvalue weighted by Gasteiger charge is -2.08. The first kappa shape index (κ1) is 19.9. The average molecular weight is 403 g/mol. The molecule has 1 aromatic carbocycles. The zero-order chi connectivity index (χ0) is 20.9. The second-order valence-corrected chi connectivity index (χ2v) is 7.41. The van der Waals surface area contributed by atoms with Crippen LogP contribution in [0.2, 0.25) is 0 Å². The Morgan fingerprint density at radius 2 is 1.90 bits per heavy atom. The molecular weight excluding hydrogens is 376 g/mol. The van der Waals surface area contributed by atoms with Gasteiger partial charge in [-0.2, -0.15) is 10.3 Å². The molecule has 3 heterocycles. The summed E-state index contributed by atoms with van der Waals surface area (Å²) in [5.74, 6) is 2.82. The Morgan fingerprint density at radius 1 is 1.07 bits per heavy atom. The van der Waals surface area contributed by atoms with E-state index in [0.29, 0.717) is 18.2 Å². The van der Waals surface area contributed by atoms with Gasteiger partial charge < -0.3 is 0 Å². The third kappa shape index (κ3) is 4.12. The number of benzene rings is 1. The van der Waals surface area contributed by atoms with Gasteiger partial charge in [0.05, 0.1) is 0 Å². The molecule has 0 aliphatic heterocycles. The summed E-state index contributed by atoms with van der Waals surface area (Å²) in [7, 11) is 0. The predicted molar refractivity (Wildman–Crippen MR) is 115 cm³/mol. The zero-order valence-electron chi connectivity index (χ0n) is 17.6. The molecule has 1 atom stereocenters. The summed E-state index contributed by atoms with van der Waals surface area (Å²) < 4.78 is 2.03. The van der Waals surface area contributed by atoms with Crippen LogP contribution in [0, 0.1) is 0 Å². The summed E-state index contributed by atoms with van der Waals surface area (Å²) in [6.45, 7) is 7.36. The molecule has 0 fully saturated rings. The standard InChI is InChI=1S/C22H26N8/c1-4-12-30-20(24-21(27-30)15(3)5-2)13-17-11-10-16(14-23-17)18-8-6-7-9-19(18)22-25-28-29-26-22/h6-11,14-15H,4-5,12-13H2,1-3H3,(H,25,26,28,29). The predicted octanol–water partition coefficient (Wildman–Crippen LogP) is 4.03. The largest absolute Gasteiger partial charge is 0.260 e. The molecule has 0 spiro atoms. The molecule has 0 saturated heterocycles. The van der Waals surface area contributed by atoms with Crippen molar-refractivity contribution in [3.05, 3.63) is 59.9 Å². The summed E-state index contributed by atoms with van der Waals surface area (Å²) in [5.41, 5.74) is 3.92. The number of hydrogen-bond acceptors (Lipinski definition) is 6. The average Bonchev–Trinajstić information content (AvgIpc) is 3.45. The minimum atomic E-state index is 0.360. The maximum atomic E-state index is 4.81. The lowest BCUT2D eigenvalue weighted by atomic mass is 10.0. The van der Waals surface area contributed by atoms with E-state index in [4.69, 9.17) is 15.1 Å². The van der Waals surface area contributed by atoms with Gasteiger partial charge in [0, 0.05) is 41.9 Å². The molecule has 1 N–H and O–H groups in total. The first-order chi connectivity index (χ1) is 14.7. The normalized spacial score (nSPS) is 12.2. The van der Waals surface area contributed by atoms with E-state index in [2.05, 4.69) is 53.5 Å². The maximum absolute atomic E-state index is 4.81. The van der Waals surface area contributed by atoms with Crippen molar-refractivity contribution in [3.63, 3.8) is 0 Å². The molecule has 4 aromatic rings. The number of hydrogen-bond donors (Lipinski definition) is 1. The van der Waals surface area contributed by atoms with Crippen LogP contribution in [0.1, 0.15) is 56.9 Å². The number of nitrogens with one attached hydrogen (secondary N) is 1. The van der Waals surface area contributed by atoms with Crippen LogP contribution in [0.15, 0.2) is 42.6 Å². The fraction of sp³-hybridized carbons (Fsp3) is 0.364. The van der Waals surface area contributed by atoms with Gasteiger partial charge in [0.25, 0.3) is 0 Å². The lowest BCUT2D eigenvalue weighted by molar-refractivity contribution is 0.561. The van der Waals surface area contributed by atoms with Crippen LogP contribution in [-0.4, -0.2) is 40.4 Å². The molecule has 0 saturated carbocycles. The number of rotatable bonds is 8. The van der Waals surface area contributed by atoms with Crippen molar-refractivity contribution in [2.75, 3.05) is 0 Å². The summed E-state index contributed by atoms with van der Waals surface area (Å²) in [4.78, 5) is 9.51. The van der Waals surface area contributed by atoms with Crippen molar-refractivity contribution < 1.29 is 0 Å². The van der Waals surface area contributed by atoms with Crippen LogP contribution in [-0.2, 0) is 13.0 Å². The second kappa shape index (κ2) is 8.94. The molecule has 0 amide bonds. The molecule has 8 heteroatoms. The van der Waals surface area contributed by atoms with E-state index in [-0.39, 0.29) is 0 Å². The van der Waals surface area contributed by atoms with E-state index in [1.54, 1.807) is 0 Å².